The van der Waals surface area contributed by atoms with Crippen LogP contribution in [0.2, 0.25) is 0 Å². The lowest BCUT2D eigenvalue weighted by Gasteiger charge is -2.22. The van der Waals surface area contributed by atoms with Gasteiger partial charge in [0, 0.05) is 23.9 Å². The molecule has 0 aromatic heterocycles. The maximum atomic E-state index is 15.3. The van der Waals surface area contributed by atoms with Gasteiger partial charge in [-0.2, -0.15) is 0 Å². The third-order valence-corrected chi connectivity index (χ3v) is 6.67. The number of nitrogens with zero attached hydrogens (tertiary/aromatic N) is 2. The van der Waals surface area contributed by atoms with E-state index in [1.165, 1.54) is 31.2 Å². The van der Waals surface area contributed by atoms with Gasteiger partial charge in [-0.15, -0.1) is 0 Å². The lowest BCUT2D eigenvalue weighted by molar-refractivity contribution is -0.119. The van der Waals surface area contributed by atoms with Crippen molar-refractivity contribution in [1.82, 2.24) is 4.90 Å². The number of carbonyl (C=O) groups excluding carboxylic acids is 3. The van der Waals surface area contributed by atoms with Crippen LogP contribution in [0, 0.1) is 5.82 Å². The van der Waals surface area contributed by atoms with Gasteiger partial charge in [0.1, 0.15) is 19.0 Å². The fourth-order valence-corrected chi connectivity index (χ4v) is 4.66. The summed E-state index contributed by atoms with van der Waals surface area (Å²) >= 11 is 0. The molecule has 0 radical (unpaired) electrons. The van der Waals surface area contributed by atoms with Crippen LogP contribution in [0.3, 0.4) is 0 Å². The number of amides is 2. The van der Waals surface area contributed by atoms with Gasteiger partial charge in [-0.1, -0.05) is 6.07 Å². The summed E-state index contributed by atoms with van der Waals surface area (Å²) in [5.74, 6) is -0.741. The first-order valence-electron chi connectivity index (χ1n) is 12.8. The average Bonchev–Trinajstić information content (AvgIpc) is 3.29. The van der Waals surface area contributed by atoms with E-state index in [9.17, 15) is 14.4 Å². The van der Waals surface area contributed by atoms with E-state index in [0.717, 1.165) is 0 Å². The molecule has 41 heavy (non-hydrogen) atoms. The topological polar surface area (TPSA) is 109 Å². The standard InChI is InChI=1S/C30H29FN4O6/c1-34(2)16-26(36)35(3)23-9-7-19(15-21(23)31)32-28(17-6-10-24-25(14-17)41-12-11-40-24)27-20-8-5-18(30(38)39-4)13-22(20)33-29(27)37/h5-10,13-15,32H,11-12,16H2,1-4H3,(H,33,37)/b28-27-. The van der Waals surface area contributed by atoms with E-state index in [-0.39, 0.29) is 29.3 Å². The van der Waals surface area contributed by atoms with E-state index in [0.29, 0.717) is 52.9 Å². The van der Waals surface area contributed by atoms with Gasteiger partial charge in [-0.25, -0.2) is 9.18 Å². The smallest absolute Gasteiger partial charge is 0.337 e. The van der Waals surface area contributed by atoms with E-state index < -0.39 is 17.7 Å². The van der Waals surface area contributed by atoms with Crippen molar-refractivity contribution in [2.24, 2.45) is 0 Å². The summed E-state index contributed by atoms with van der Waals surface area (Å²) in [6.45, 7) is 0.929. The van der Waals surface area contributed by atoms with Crippen molar-refractivity contribution in [1.29, 1.82) is 0 Å². The van der Waals surface area contributed by atoms with Crippen LogP contribution in [0.5, 0.6) is 11.5 Å². The Morgan fingerprint density at radius 1 is 0.976 bits per heavy atom. The van der Waals surface area contributed by atoms with E-state index in [1.807, 2.05) is 0 Å². The first-order valence-corrected chi connectivity index (χ1v) is 12.8. The first kappa shape index (κ1) is 27.7. The molecule has 0 aliphatic carbocycles. The maximum Gasteiger partial charge on any atom is 0.337 e. The maximum absolute atomic E-state index is 15.3. The summed E-state index contributed by atoms with van der Waals surface area (Å²) in [5.41, 5.74) is 3.00. The minimum Gasteiger partial charge on any atom is -0.486 e. The molecule has 2 amide bonds. The second kappa shape index (κ2) is 11.3. The SMILES string of the molecule is COC(=O)c1ccc2c(c1)NC(=O)/C2=C(\Nc1ccc(N(C)C(=O)CN(C)C)c(F)c1)c1ccc2c(c1)OCCO2. The summed E-state index contributed by atoms with van der Waals surface area (Å²) in [4.78, 5) is 40.9. The van der Waals surface area contributed by atoms with Crippen molar-refractivity contribution in [2.45, 2.75) is 0 Å². The van der Waals surface area contributed by atoms with Crippen molar-refractivity contribution in [2.75, 3.05) is 63.5 Å². The van der Waals surface area contributed by atoms with E-state index >= 15 is 4.39 Å². The highest BCUT2D eigenvalue weighted by Gasteiger charge is 2.30. The van der Waals surface area contributed by atoms with Crippen LogP contribution in [0.1, 0.15) is 21.5 Å². The van der Waals surface area contributed by atoms with Crippen molar-refractivity contribution >= 4 is 46.1 Å². The van der Waals surface area contributed by atoms with Gasteiger partial charge in [0.2, 0.25) is 5.91 Å². The molecule has 0 saturated heterocycles. The molecular formula is C30H29FN4O6. The van der Waals surface area contributed by atoms with Crippen molar-refractivity contribution in [3.63, 3.8) is 0 Å². The fourth-order valence-electron chi connectivity index (χ4n) is 4.66. The largest absolute Gasteiger partial charge is 0.486 e. The molecule has 10 nitrogen and oxygen atoms in total. The molecule has 5 rings (SSSR count). The van der Waals surface area contributed by atoms with E-state index in [4.69, 9.17) is 14.2 Å². The number of carbonyl (C=O) groups is 3. The van der Waals surface area contributed by atoms with Gasteiger partial charge >= 0.3 is 5.97 Å². The predicted molar refractivity (Wildman–Crippen MR) is 153 cm³/mol. The Kier molecular flexibility index (Phi) is 7.62. The number of hydrogen-bond acceptors (Lipinski definition) is 8. The summed E-state index contributed by atoms with van der Waals surface area (Å²) in [6, 6.07) is 14.4. The lowest BCUT2D eigenvalue weighted by atomic mass is 9.98. The number of methoxy groups -OCH3 is 1. The zero-order valence-corrected chi connectivity index (χ0v) is 23.0. The number of ether oxygens (including phenoxy) is 3. The average molecular weight is 561 g/mol. The Labute approximate surface area is 236 Å². The summed E-state index contributed by atoms with van der Waals surface area (Å²) < 4.78 is 31.5. The third-order valence-electron chi connectivity index (χ3n) is 6.67. The van der Waals surface area contributed by atoms with Crippen LogP contribution in [0.4, 0.5) is 21.5 Å². The number of esters is 1. The molecule has 0 spiro atoms. The second-order valence-corrected chi connectivity index (χ2v) is 9.80. The summed E-state index contributed by atoms with van der Waals surface area (Å²) in [6.07, 6.45) is 0. The Balaban J connectivity index is 1.58. The first-order chi connectivity index (χ1) is 19.7. The molecule has 2 aliphatic heterocycles. The number of anilines is 3. The molecule has 2 heterocycles. The summed E-state index contributed by atoms with van der Waals surface area (Å²) in [5, 5.41) is 6.02. The Bertz CT molecular complexity index is 1590. The van der Waals surface area contributed by atoms with Gasteiger partial charge in [-0.05, 0) is 62.6 Å². The number of nitrogens with one attached hydrogen (secondary N) is 2. The van der Waals surface area contributed by atoms with Crippen LogP contribution in [0.15, 0.2) is 54.6 Å². The van der Waals surface area contributed by atoms with Crippen LogP contribution in [-0.4, -0.2) is 70.7 Å². The van der Waals surface area contributed by atoms with Gasteiger partial charge in [0.05, 0.1) is 41.9 Å². The van der Waals surface area contributed by atoms with E-state index in [2.05, 4.69) is 10.6 Å². The molecule has 2 N–H and O–H groups in total. The molecule has 0 fully saturated rings. The van der Waals surface area contributed by atoms with Gasteiger partial charge < -0.3 is 34.6 Å². The molecular weight excluding hydrogens is 531 g/mol. The Morgan fingerprint density at radius 3 is 2.41 bits per heavy atom. The van der Waals surface area contributed by atoms with Crippen LogP contribution in [-0.2, 0) is 14.3 Å². The number of rotatable bonds is 7. The molecule has 0 unspecified atom stereocenters. The Hall–Kier alpha value is -4.90. The molecule has 0 atom stereocenters. The van der Waals surface area contributed by atoms with Crippen LogP contribution >= 0.6 is 0 Å². The molecule has 3 aromatic rings. The molecule has 3 aromatic carbocycles. The minimum absolute atomic E-state index is 0.121. The predicted octanol–water partition coefficient (Wildman–Crippen LogP) is 3.84. The second-order valence-electron chi connectivity index (χ2n) is 9.80. The third kappa shape index (κ3) is 5.57. The molecule has 212 valence electrons. The summed E-state index contributed by atoms with van der Waals surface area (Å²) in [7, 11) is 6.32. The number of hydrogen-bond donors (Lipinski definition) is 2. The fraction of sp³-hybridized carbons (Fsp3) is 0.233. The van der Waals surface area contributed by atoms with Gasteiger partial charge in [-0.3, -0.25) is 9.59 Å². The normalized spacial score (nSPS) is 14.7. The molecule has 0 saturated carbocycles. The Morgan fingerprint density at radius 2 is 1.71 bits per heavy atom. The zero-order valence-electron chi connectivity index (χ0n) is 23.0. The highest BCUT2D eigenvalue weighted by atomic mass is 19.1. The number of likely N-dealkylation sites (N-methyl/N-ethyl adjacent to an activating group) is 2. The number of benzene rings is 3. The minimum atomic E-state index is -0.616. The van der Waals surface area contributed by atoms with E-state index in [1.54, 1.807) is 61.5 Å². The quantitative estimate of drug-likeness (QED) is 0.332. The van der Waals surface area contributed by atoms with Crippen molar-refractivity contribution in [3.05, 3.63) is 77.1 Å². The van der Waals surface area contributed by atoms with Crippen molar-refractivity contribution < 1.29 is 33.0 Å². The van der Waals surface area contributed by atoms with Gasteiger partial charge in [0.25, 0.3) is 5.91 Å². The highest BCUT2D eigenvalue weighted by molar-refractivity contribution is 6.37. The van der Waals surface area contributed by atoms with Crippen LogP contribution < -0.4 is 25.0 Å². The zero-order chi connectivity index (χ0) is 29.3. The lowest BCUT2D eigenvalue weighted by Crippen LogP contribution is -2.35. The number of fused-ring (bicyclic) bond motifs is 2. The highest BCUT2D eigenvalue weighted by Crippen LogP contribution is 2.41. The molecule has 11 heteroatoms. The van der Waals surface area contributed by atoms with Gasteiger partial charge in [0.15, 0.2) is 11.5 Å². The van der Waals surface area contributed by atoms with Crippen LogP contribution in [0.25, 0.3) is 11.3 Å². The monoisotopic (exact) mass is 560 g/mol. The molecule has 0 bridgehead atoms. The number of halogens is 1. The molecule has 2 aliphatic rings. The van der Waals surface area contributed by atoms with Crippen molar-refractivity contribution in [3.8, 4) is 11.5 Å².